The van der Waals surface area contributed by atoms with E-state index in [1.807, 2.05) is 6.92 Å². The molecule has 1 aromatic carbocycles. The van der Waals surface area contributed by atoms with Crippen molar-refractivity contribution >= 4 is 5.97 Å². The van der Waals surface area contributed by atoms with Gasteiger partial charge in [0.15, 0.2) is 0 Å². The van der Waals surface area contributed by atoms with Crippen LogP contribution in [0.5, 0.6) is 0 Å². The molecule has 8 heteroatoms. The van der Waals surface area contributed by atoms with E-state index >= 15 is 0 Å². The van der Waals surface area contributed by atoms with E-state index in [0.29, 0.717) is 18.6 Å². The van der Waals surface area contributed by atoms with Crippen molar-refractivity contribution in [3.8, 4) is 0 Å². The van der Waals surface area contributed by atoms with Crippen LogP contribution < -0.4 is 0 Å². The fraction of sp³-hybridized carbons (Fsp3) is 0.562. The number of carbonyl (C=O) groups excluding carboxylic acids is 1. The van der Waals surface area contributed by atoms with Gasteiger partial charge in [-0.25, -0.2) is 4.79 Å². The number of hydrogen-bond donors (Lipinski definition) is 0. The minimum Gasteiger partial charge on any atom is -0.462 e. The first-order valence-corrected chi connectivity index (χ1v) is 7.53. The summed E-state index contributed by atoms with van der Waals surface area (Å²) in [5, 5.41) is 0. The number of alkyl halides is 6. The largest absolute Gasteiger partial charge is 0.462 e. The Morgan fingerprint density at radius 1 is 0.958 bits per heavy atom. The van der Waals surface area contributed by atoms with Gasteiger partial charge in [0, 0.05) is 0 Å². The van der Waals surface area contributed by atoms with Crippen LogP contribution in [0, 0.1) is 0 Å². The van der Waals surface area contributed by atoms with E-state index in [9.17, 15) is 31.1 Å². The summed E-state index contributed by atoms with van der Waals surface area (Å²) in [6, 6.07) is 0.871. The summed E-state index contributed by atoms with van der Waals surface area (Å²) in [6.07, 6.45) is -5.82. The van der Waals surface area contributed by atoms with E-state index in [1.165, 1.54) is 0 Å². The molecule has 1 aromatic rings. The first kappa shape index (κ1) is 20.3. The van der Waals surface area contributed by atoms with Gasteiger partial charge in [0.25, 0.3) is 0 Å². The molecule has 0 aliphatic rings. The molecular weight excluding hydrogens is 338 g/mol. The number of rotatable bonds is 7. The van der Waals surface area contributed by atoms with Crippen LogP contribution in [0.2, 0.25) is 0 Å². The number of carbonyl (C=O) groups is 1. The van der Waals surface area contributed by atoms with Crippen molar-refractivity contribution in [3.63, 3.8) is 0 Å². The summed E-state index contributed by atoms with van der Waals surface area (Å²) in [4.78, 5) is 11.8. The minimum atomic E-state index is -5.09. The fourth-order valence-corrected chi connectivity index (χ4v) is 2.08. The average Bonchev–Trinajstić information content (AvgIpc) is 2.48. The Bertz CT molecular complexity index is 548. The standard InChI is InChI=1S/C16H18F6O2/c1-2-3-4-5-6-9-24-14(23)12-8-7-11(15(17,18)19)10-13(12)16(20,21)22/h7-8,10H,2-6,9H2,1H3. The van der Waals surface area contributed by atoms with Crippen LogP contribution in [-0.2, 0) is 17.1 Å². The number of unbranched alkanes of at least 4 members (excludes halogenated alkanes) is 4. The molecule has 0 atom stereocenters. The molecule has 2 nitrogen and oxygen atoms in total. The Balaban J connectivity index is 2.84. The summed E-state index contributed by atoms with van der Waals surface area (Å²) in [5.41, 5.74) is -4.02. The zero-order valence-electron chi connectivity index (χ0n) is 13.1. The van der Waals surface area contributed by atoms with Crippen molar-refractivity contribution in [1.29, 1.82) is 0 Å². The van der Waals surface area contributed by atoms with E-state index in [4.69, 9.17) is 4.74 Å². The second-order valence-corrected chi connectivity index (χ2v) is 5.31. The van der Waals surface area contributed by atoms with Crippen molar-refractivity contribution in [2.24, 2.45) is 0 Å². The molecular formula is C16H18F6O2. The maximum Gasteiger partial charge on any atom is 0.417 e. The van der Waals surface area contributed by atoms with E-state index in [2.05, 4.69) is 0 Å². The zero-order chi connectivity index (χ0) is 18.4. The fourth-order valence-electron chi connectivity index (χ4n) is 2.08. The van der Waals surface area contributed by atoms with Gasteiger partial charge in [0.05, 0.1) is 23.3 Å². The summed E-state index contributed by atoms with van der Waals surface area (Å²) < 4.78 is 81.2. The Labute approximate surface area is 135 Å². The highest BCUT2D eigenvalue weighted by Crippen LogP contribution is 2.37. The maximum atomic E-state index is 12.9. The molecule has 24 heavy (non-hydrogen) atoms. The molecule has 0 fully saturated rings. The average molecular weight is 356 g/mol. The maximum absolute atomic E-state index is 12.9. The smallest absolute Gasteiger partial charge is 0.417 e. The molecule has 136 valence electrons. The Hall–Kier alpha value is -1.73. The van der Waals surface area contributed by atoms with Crippen molar-refractivity contribution in [3.05, 3.63) is 34.9 Å². The third-order valence-corrected chi connectivity index (χ3v) is 3.35. The molecule has 0 spiro atoms. The molecule has 0 aliphatic heterocycles. The number of benzene rings is 1. The first-order valence-electron chi connectivity index (χ1n) is 7.53. The van der Waals surface area contributed by atoms with Gasteiger partial charge in [0.1, 0.15) is 0 Å². The lowest BCUT2D eigenvalue weighted by Gasteiger charge is -2.15. The predicted molar refractivity (Wildman–Crippen MR) is 75.5 cm³/mol. The van der Waals surface area contributed by atoms with E-state index in [1.54, 1.807) is 0 Å². The van der Waals surface area contributed by atoms with E-state index in [-0.39, 0.29) is 12.7 Å². The molecule has 0 saturated carbocycles. The summed E-state index contributed by atoms with van der Waals surface area (Å²) in [5.74, 6) is -1.27. The normalized spacial score (nSPS) is 12.3. The molecule has 0 aromatic heterocycles. The predicted octanol–water partition coefficient (Wildman–Crippen LogP) is 5.85. The highest BCUT2D eigenvalue weighted by Gasteiger charge is 2.39. The quantitative estimate of drug-likeness (QED) is 0.348. The van der Waals surface area contributed by atoms with Crippen LogP contribution in [-0.4, -0.2) is 12.6 Å². The van der Waals surface area contributed by atoms with Crippen LogP contribution in [0.25, 0.3) is 0 Å². The third kappa shape index (κ3) is 6.05. The zero-order valence-corrected chi connectivity index (χ0v) is 13.1. The van der Waals surface area contributed by atoms with Crippen LogP contribution in [0.3, 0.4) is 0 Å². The molecule has 0 unspecified atom stereocenters. The van der Waals surface area contributed by atoms with Gasteiger partial charge < -0.3 is 4.74 Å². The second kappa shape index (κ2) is 8.39. The van der Waals surface area contributed by atoms with Gasteiger partial charge in [-0.05, 0) is 24.6 Å². The van der Waals surface area contributed by atoms with Gasteiger partial charge in [-0.3, -0.25) is 0 Å². The Morgan fingerprint density at radius 3 is 2.12 bits per heavy atom. The number of esters is 1. The molecule has 0 aliphatic carbocycles. The highest BCUT2D eigenvalue weighted by atomic mass is 19.4. The molecule has 0 amide bonds. The minimum absolute atomic E-state index is 0.0686. The van der Waals surface area contributed by atoms with Gasteiger partial charge in [0.2, 0.25) is 0 Å². The summed E-state index contributed by atoms with van der Waals surface area (Å²) in [7, 11) is 0. The molecule has 0 bridgehead atoms. The van der Waals surface area contributed by atoms with Gasteiger partial charge in [-0.2, -0.15) is 26.3 Å². The lowest BCUT2D eigenvalue weighted by molar-refractivity contribution is -0.143. The van der Waals surface area contributed by atoms with E-state index in [0.717, 1.165) is 25.7 Å². The molecule has 0 saturated heterocycles. The second-order valence-electron chi connectivity index (χ2n) is 5.31. The van der Waals surface area contributed by atoms with Crippen LogP contribution in [0.4, 0.5) is 26.3 Å². The lowest BCUT2D eigenvalue weighted by atomic mass is 10.0. The van der Waals surface area contributed by atoms with Gasteiger partial charge in [-0.15, -0.1) is 0 Å². The Morgan fingerprint density at radius 2 is 1.58 bits per heavy atom. The molecule has 0 heterocycles. The Kier molecular flexibility index (Phi) is 7.10. The van der Waals surface area contributed by atoms with Gasteiger partial charge in [-0.1, -0.05) is 32.6 Å². The SMILES string of the molecule is CCCCCCCOC(=O)c1ccc(C(F)(F)F)cc1C(F)(F)F. The summed E-state index contributed by atoms with van der Waals surface area (Å²) >= 11 is 0. The highest BCUT2D eigenvalue weighted by molar-refractivity contribution is 5.91. The molecule has 1 rings (SSSR count). The van der Waals surface area contributed by atoms with Gasteiger partial charge >= 0.3 is 18.3 Å². The number of hydrogen-bond acceptors (Lipinski definition) is 2. The van der Waals surface area contributed by atoms with Crippen molar-refractivity contribution in [2.75, 3.05) is 6.61 Å². The number of ether oxygens (including phenoxy) is 1. The van der Waals surface area contributed by atoms with Crippen molar-refractivity contribution in [2.45, 2.75) is 51.4 Å². The molecule has 0 N–H and O–H groups in total. The van der Waals surface area contributed by atoms with Crippen LogP contribution >= 0.6 is 0 Å². The molecule has 0 radical (unpaired) electrons. The third-order valence-electron chi connectivity index (χ3n) is 3.35. The van der Waals surface area contributed by atoms with Crippen LogP contribution in [0.1, 0.15) is 60.5 Å². The first-order chi connectivity index (χ1) is 11.1. The topological polar surface area (TPSA) is 26.3 Å². The lowest BCUT2D eigenvalue weighted by Crippen LogP contribution is -2.18. The van der Waals surface area contributed by atoms with Crippen molar-refractivity contribution in [1.82, 2.24) is 0 Å². The van der Waals surface area contributed by atoms with Crippen molar-refractivity contribution < 1.29 is 35.9 Å². The van der Waals surface area contributed by atoms with Crippen LogP contribution in [0.15, 0.2) is 18.2 Å². The summed E-state index contributed by atoms with van der Waals surface area (Å²) in [6.45, 7) is 1.95. The number of halogens is 6. The van der Waals surface area contributed by atoms with E-state index < -0.39 is 35.0 Å². The monoisotopic (exact) mass is 356 g/mol.